The highest BCUT2D eigenvalue weighted by Crippen LogP contribution is 2.57. The molecule has 0 N–H and O–H groups in total. The summed E-state index contributed by atoms with van der Waals surface area (Å²) in [5.74, 6) is 0. The lowest BCUT2D eigenvalue weighted by Gasteiger charge is -2.34. The second kappa shape index (κ2) is 22.1. The molecule has 0 unspecified atom stereocenters. The summed E-state index contributed by atoms with van der Waals surface area (Å²) >= 11 is 0. The van der Waals surface area contributed by atoms with E-state index in [9.17, 15) is 0 Å². The summed E-state index contributed by atoms with van der Waals surface area (Å²) in [4.78, 5) is 0. The van der Waals surface area contributed by atoms with Crippen LogP contribution in [0.1, 0.15) is 22.3 Å². The molecule has 93 heavy (non-hydrogen) atoms. The van der Waals surface area contributed by atoms with E-state index >= 15 is 0 Å². The van der Waals surface area contributed by atoms with E-state index in [4.69, 9.17) is 0 Å². The molecule has 0 saturated carbocycles. The van der Waals surface area contributed by atoms with E-state index in [0.29, 0.717) is 0 Å². The zero-order valence-corrected chi connectivity index (χ0v) is 51.0. The van der Waals surface area contributed by atoms with Gasteiger partial charge in [-0.05, 0) is 172 Å². The molecule has 0 amide bonds. The first-order valence-electron chi connectivity index (χ1n) is 32.2. The van der Waals surface area contributed by atoms with Gasteiger partial charge < -0.3 is 9.13 Å². The van der Waals surface area contributed by atoms with Gasteiger partial charge in [0.25, 0.3) is 0 Å². The van der Waals surface area contributed by atoms with Gasteiger partial charge in [0.2, 0.25) is 0 Å². The van der Waals surface area contributed by atoms with Crippen molar-refractivity contribution in [3.8, 4) is 100 Å². The molecule has 1 aliphatic rings. The van der Waals surface area contributed by atoms with E-state index in [1.54, 1.807) is 0 Å². The Hall–Kier alpha value is -12.1. The lowest BCUT2D eigenvalue weighted by atomic mass is 9.67. The number of hydrogen-bond acceptors (Lipinski definition) is 0. The van der Waals surface area contributed by atoms with Crippen LogP contribution in [0, 0.1) is 0 Å². The van der Waals surface area contributed by atoms with Crippen LogP contribution in [0.25, 0.3) is 144 Å². The van der Waals surface area contributed by atoms with Crippen LogP contribution in [0.3, 0.4) is 0 Å². The van der Waals surface area contributed by atoms with Gasteiger partial charge in [-0.15, -0.1) is 0 Å². The Morgan fingerprint density at radius 1 is 0.183 bits per heavy atom. The van der Waals surface area contributed by atoms with Crippen molar-refractivity contribution in [1.82, 2.24) is 9.13 Å². The predicted molar refractivity (Wildman–Crippen MR) is 390 cm³/mol. The molecule has 0 atom stereocenters. The van der Waals surface area contributed by atoms with Gasteiger partial charge >= 0.3 is 0 Å². The van der Waals surface area contributed by atoms with E-state index in [-0.39, 0.29) is 0 Å². The fraction of sp³-hybridized carbons (Fsp3) is 0.0110. The van der Waals surface area contributed by atoms with Gasteiger partial charge in [0.15, 0.2) is 0 Å². The molecule has 2 heteroatoms. The molecule has 17 aromatic rings. The topological polar surface area (TPSA) is 9.86 Å². The lowest BCUT2D eigenvalue weighted by molar-refractivity contribution is 0.769. The lowest BCUT2D eigenvalue weighted by Crippen LogP contribution is -2.28. The van der Waals surface area contributed by atoms with Gasteiger partial charge in [0, 0.05) is 32.8 Å². The highest BCUT2D eigenvalue weighted by molar-refractivity contribution is 6.13. The first-order valence-corrected chi connectivity index (χ1v) is 32.2. The first kappa shape index (κ1) is 53.9. The normalized spacial score (nSPS) is 12.4. The molecule has 1 aliphatic carbocycles. The molecule has 18 rings (SSSR count). The fourth-order valence-corrected chi connectivity index (χ4v) is 15.3. The third-order valence-corrected chi connectivity index (χ3v) is 19.7. The summed E-state index contributed by atoms with van der Waals surface area (Å²) in [7, 11) is 0. The van der Waals surface area contributed by atoms with Crippen molar-refractivity contribution in [3.63, 3.8) is 0 Å². The van der Waals surface area contributed by atoms with Crippen LogP contribution in [0.5, 0.6) is 0 Å². The van der Waals surface area contributed by atoms with Crippen LogP contribution in [0.2, 0.25) is 0 Å². The maximum absolute atomic E-state index is 2.46. The van der Waals surface area contributed by atoms with Crippen LogP contribution in [-0.2, 0) is 5.41 Å². The Labute approximate surface area is 541 Å². The molecule has 2 nitrogen and oxygen atoms in total. The maximum Gasteiger partial charge on any atom is 0.0713 e. The zero-order chi connectivity index (χ0) is 61.4. The van der Waals surface area contributed by atoms with E-state index in [1.165, 1.54) is 155 Å². The molecule has 0 aliphatic heterocycles. The van der Waals surface area contributed by atoms with Gasteiger partial charge in [-0.3, -0.25) is 0 Å². The highest BCUT2D eigenvalue weighted by atomic mass is 15.0. The SMILES string of the molecule is c1ccc(-c2cccc(-c3ccc(C4(c5cccc(-c6ccc(-c7ccc(-c8ccccc8-n8c9ccccc9c9cc(-c%10ccc%11c(c%10)c%10ccccc%10n%11-c%10cccc(-c%11ccccc%11)c%10)ccc98)cc7)cc6)c5)c5ccccc5-c5ccccc54)cc3)c2)cc1. The Kier molecular flexibility index (Phi) is 12.8. The van der Waals surface area contributed by atoms with Crippen molar-refractivity contribution in [2.45, 2.75) is 5.41 Å². The largest absolute Gasteiger partial charge is 0.309 e. The predicted octanol–water partition coefficient (Wildman–Crippen LogP) is 23.9. The van der Waals surface area contributed by atoms with Crippen molar-refractivity contribution in [2.75, 3.05) is 0 Å². The van der Waals surface area contributed by atoms with Crippen molar-refractivity contribution in [2.24, 2.45) is 0 Å². The molecule has 0 radical (unpaired) electrons. The molecule has 0 bridgehead atoms. The van der Waals surface area contributed by atoms with Crippen LogP contribution in [-0.4, -0.2) is 9.13 Å². The molecule has 2 aromatic heterocycles. The second-order valence-electron chi connectivity index (χ2n) is 24.7. The number of fused-ring (bicyclic) bond motifs is 9. The molecule has 0 saturated heterocycles. The van der Waals surface area contributed by atoms with Crippen LogP contribution in [0.15, 0.2) is 364 Å². The highest BCUT2D eigenvalue weighted by Gasteiger charge is 2.46. The quantitative estimate of drug-likeness (QED) is 0.122. The number of hydrogen-bond donors (Lipinski definition) is 0. The maximum atomic E-state index is 2.46. The number of aromatic nitrogens is 2. The Balaban J connectivity index is 0.653. The Bertz CT molecular complexity index is 5670. The summed E-state index contributed by atoms with van der Waals surface area (Å²) in [5, 5.41) is 4.93. The zero-order valence-electron chi connectivity index (χ0n) is 51.0. The van der Waals surface area contributed by atoms with E-state index in [0.717, 1.165) is 11.4 Å². The summed E-state index contributed by atoms with van der Waals surface area (Å²) in [5.41, 5.74) is 30.9. The molecule has 0 spiro atoms. The summed E-state index contributed by atoms with van der Waals surface area (Å²) in [6, 6.07) is 135. The van der Waals surface area contributed by atoms with Gasteiger partial charge in [0.05, 0.1) is 33.2 Å². The van der Waals surface area contributed by atoms with Crippen LogP contribution in [0.4, 0.5) is 0 Å². The molecule has 0 fully saturated rings. The number of rotatable bonds is 11. The van der Waals surface area contributed by atoms with E-state index in [1.807, 2.05) is 0 Å². The van der Waals surface area contributed by atoms with E-state index in [2.05, 4.69) is 373 Å². The van der Waals surface area contributed by atoms with Crippen molar-refractivity contribution in [3.05, 3.63) is 386 Å². The number of nitrogens with zero attached hydrogens (tertiary/aromatic N) is 2. The van der Waals surface area contributed by atoms with Crippen molar-refractivity contribution < 1.29 is 0 Å². The van der Waals surface area contributed by atoms with Gasteiger partial charge in [-0.1, -0.05) is 297 Å². The summed E-state index contributed by atoms with van der Waals surface area (Å²) in [6.07, 6.45) is 0. The van der Waals surface area contributed by atoms with Crippen LogP contribution >= 0.6 is 0 Å². The fourth-order valence-electron chi connectivity index (χ4n) is 15.3. The smallest absolute Gasteiger partial charge is 0.0713 e. The minimum atomic E-state index is -0.529. The third kappa shape index (κ3) is 8.94. The molecule has 434 valence electrons. The number of benzene rings is 15. The summed E-state index contributed by atoms with van der Waals surface area (Å²) < 4.78 is 4.87. The Morgan fingerprint density at radius 2 is 0.548 bits per heavy atom. The average Bonchev–Trinajstić information content (AvgIpc) is 1.57. The van der Waals surface area contributed by atoms with Gasteiger partial charge in [0.1, 0.15) is 0 Å². The first-order chi connectivity index (χ1) is 46.1. The van der Waals surface area contributed by atoms with Crippen LogP contribution < -0.4 is 0 Å². The average molecular weight is 1180 g/mol. The van der Waals surface area contributed by atoms with Crippen molar-refractivity contribution >= 4 is 43.6 Å². The minimum absolute atomic E-state index is 0.529. The monoisotopic (exact) mass is 1180 g/mol. The number of para-hydroxylation sites is 3. The Morgan fingerprint density at radius 3 is 1.13 bits per heavy atom. The summed E-state index contributed by atoms with van der Waals surface area (Å²) in [6.45, 7) is 0. The molecule has 2 heterocycles. The minimum Gasteiger partial charge on any atom is -0.309 e. The molecule has 15 aromatic carbocycles. The molecular weight excluding hydrogens is 1120 g/mol. The van der Waals surface area contributed by atoms with Crippen molar-refractivity contribution in [1.29, 1.82) is 0 Å². The molecular formula is C91H60N2. The van der Waals surface area contributed by atoms with Gasteiger partial charge in [-0.2, -0.15) is 0 Å². The third-order valence-electron chi connectivity index (χ3n) is 19.7. The standard InChI is InChI=1S/C91H60N2/c1-3-20-61(21-4-1)68-24-17-25-69(56-68)66-48-52-74(53-49-66)91(84-35-12-7-31-78(84)79-32-8-13-36-85(79)91)75-28-18-26-70(57-75)65-42-40-63(41-43-65)64-44-46-67(47-45-64)77-30-9-14-37-86(77)93-88-39-16-11-34-81(88)83-60-73(51-55-90(83)93)72-50-54-89-82(59-72)80-33-10-15-38-87(80)92(89)76-29-19-27-71(58-76)62-22-5-2-6-23-62/h1-60H. The second-order valence-corrected chi connectivity index (χ2v) is 24.7. The van der Waals surface area contributed by atoms with E-state index < -0.39 is 5.41 Å². The van der Waals surface area contributed by atoms with Gasteiger partial charge in [-0.25, -0.2) is 0 Å².